The highest BCUT2D eigenvalue weighted by Crippen LogP contribution is 2.37. The Bertz CT molecular complexity index is 1340. The Morgan fingerprint density at radius 2 is 1.98 bits per heavy atom. The van der Waals surface area contributed by atoms with Gasteiger partial charge in [-0.3, -0.25) is 30.0 Å². The molecular weight excluding hydrogens is 530 g/mol. The first kappa shape index (κ1) is 29.2. The van der Waals surface area contributed by atoms with E-state index in [0.29, 0.717) is 38.7 Å². The minimum absolute atomic E-state index is 0.0290. The number of hydrogen-bond donors (Lipinski definition) is 2. The molecule has 2 aliphatic rings. The Labute approximate surface area is 229 Å². The number of nitrogens with one attached hydrogen (secondary N) is 2. The third-order valence-corrected chi connectivity index (χ3v) is 6.97. The number of ether oxygens (including phenoxy) is 3. The molecular formula is C27H32F2N4O7. The fraction of sp³-hybridized carbons (Fsp3) is 0.481. The van der Waals surface area contributed by atoms with E-state index < -0.39 is 46.7 Å². The molecule has 2 aliphatic heterocycles. The first-order valence-electron chi connectivity index (χ1n) is 13.0. The molecule has 216 valence electrons. The Morgan fingerprint density at radius 1 is 1.18 bits per heavy atom. The van der Waals surface area contributed by atoms with Gasteiger partial charge in [-0.05, 0) is 24.5 Å². The van der Waals surface area contributed by atoms with Crippen molar-refractivity contribution in [3.8, 4) is 5.75 Å². The van der Waals surface area contributed by atoms with E-state index >= 15 is 0 Å². The number of carbonyl (C=O) groups excluding carboxylic acids is 3. The molecule has 3 amide bonds. The van der Waals surface area contributed by atoms with Crippen molar-refractivity contribution in [2.24, 2.45) is 0 Å². The third kappa shape index (κ3) is 5.99. The maximum absolute atomic E-state index is 13.9. The van der Waals surface area contributed by atoms with Crippen LogP contribution in [0.2, 0.25) is 0 Å². The molecule has 0 aliphatic carbocycles. The van der Waals surface area contributed by atoms with Crippen LogP contribution in [0.3, 0.4) is 0 Å². The second kappa shape index (κ2) is 12.6. The molecule has 40 heavy (non-hydrogen) atoms. The van der Waals surface area contributed by atoms with Gasteiger partial charge in [-0.2, -0.15) is 0 Å². The van der Waals surface area contributed by atoms with Crippen molar-refractivity contribution in [2.75, 3.05) is 46.6 Å². The van der Waals surface area contributed by atoms with Gasteiger partial charge in [0.1, 0.15) is 17.2 Å². The smallest absolute Gasteiger partial charge is 0.275 e. The minimum atomic E-state index is -0.947. The van der Waals surface area contributed by atoms with Gasteiger partial charge in [-0.1, -0.05) is 19.4 Å². The molecule has 1 aromatic carbocycles. The van der Waals surface area contributed by atoms with Gasteiger partial charge in [0.25, 0.3) is 11.8 Å². The number of pyridine rings is 1. The summed E-state index contributed by atoms with van der Waals surface area (Å²) in [6.45, 7) is 3.62. The molecule has 1 atom stereocenters. The molecule has 0 bridgehead atoms. The largest absolute Gasteiger partial charge is 0.487 e. The molecule has 13 heteroatoms. The number of halogens is 2. The molecule has 2 aromatic rings. The number of aromatic nitrogens is 1. The number of fused-ring (bicyclic) bond motifs is 2. The van der Waals surface area contributed by atoms with Crippen LogP contribution in [-0.2, 0) is 26.2 Å². The fourth-order valence-electron chi connectivity index (χ4n) is 4.80. The number of benzene rings is 1. The van der Waals surface area contributed by atoms with Crippen LogP contribution < -0.4 is 21.0 Å². The van der Waals surface area contributed by atoms with Crippen molar-refractivity contribution >= 4 is 17.7 Å². The summed E-state index contributed by atoms with van der Waals surface area (Å²) < 4.78 is 45.3. The maximum atomic E-state index is 13.9. The van der Waals surface area contributed by atoms with Crippen LogP contribution in [0.4, 0.5) is 8.78 Å². The number of unbranched alkanes of at least 4 members (excludes halogenated alkanes) is 1. The lowest BCUT2D eigenvalue weighted by atomic mass is 9.92. The summed E-state index contributed by atoms with van der Waals surface area (Å²) in [6.07, 6.45) is 2.73. The Morgan fingerprint density at radius 3 is 2.65 bits per heavy atom. The van der Waals surface area contributed by atoms with Gasteiger partial charge in [0.2, 0.25) is 11.3 Å². The monoisotopic (exact) mass is 562 g/mol. The second-order valence-electron chi connectivity index (χ2n) is 9.78. The lowest BCUT2D eigenvalue weighted by Crippen LogP contribution is -2.56. The average molecular weight is 563 g/mol. The van der Waals surface area contributed by atoms with Crippen molar-refractivity contribution in [1.29, 1.82) is 0 Å². The van der Waals surface area contributed by atoms with E-state index in [4.69, 9.17) is 14.2 Å². The first-order valence-corrected chi connectivity index (χ1v) is 13.0. The highest BCUT2D eigenvalue weighted by atomic mass is 19.1. The normalized spacial score (nSPS) is 18.1. The summed E-state index contributed by atoms with van der Waals surface area (Å²) in [6, 6.07) is 2.78. The Balaban J connectivity index is 1.66. The van der Waals surface area contributed by atoms with E-state index in [1.54, 1.807) is 9.47 Å². The van der Waals surface area contributed by atoms with Gasteiger partial charge >= 0.3 is 0 Å². The van der Waals surface area contributed by atoms with Crippen LogP contribution in [0.15, 0.2) is 29.2 Å². The number of nitrogens with zero attached hydrogens (tertiary/aromatic N) is 2. The van der Waals surface area contributed by atoms with Crippen LogP contribution in [0.5, 0.6) is 5.75 Å². The molecule has 1 saturated heterocycles. The predicted octanol–water partition coefficient (Wildman–Crippen LogP) is 1.53. The third-order valence-electron chi connectivity index (χ3n) is 6.97. The number of rotatable bonds is 10. The zero-order valence-electron chi connectivity index (χ0n) is 22.4. The summed E-state index contributed by atoms with van der Waals surface area (Å²) >= 11 is 0. The van der Waals surface area contributed by atoms with Gasteiger partial charge in [-0.15, -0.1) is 0 Å². The molecule has 0 saturated carbocycles. The molecule has 1 spiro atoms. The van der Waals surface area contributed by atoms with E-state index in [0.717, 1.165) is 18.6 Å². The van der Waals surface area contributed by atoms with Gasteiger partial charge in [-0.25, -0.2) is 8.78 Å². The lowest BCUT2D eigenvalue weighted by Gasteiger charge is -2.43. The second-order valence-corrected chi connectivity index (χ2v) is 9.78. The fourth-order valence-corrected chi connectivity index (χ4v) is 4.80. The summed E-state index contributed by atoms with van der Waals surface area (Å²) in [5, 5.41) is 0. The quantitative estimate of drug-likeness (QED) is 0.332. The van der Waals surface area contributed by atoms with Crippen LogP contribution >= 0.6 is 0 Å². The van der Waals surface area contributed by atoms with E-state index in [-0.39, 0.29) is 42.3 Å². The van der Waals surface area contributed by atoms with Crippen LogP contribution in [0.25, 0.3) is 0 Å². The van der Waals surface area contributed by atoms with E-state index in [9.17, 15) is 28.0 Å². The molecule has 2 N–H and O–H groups in total. The van der Waals surface area contributed by atoms with Crippen molar-refractivity contribution in [3.05, 3.63) is 63.1 Å². The molecule has 0 radical (unpaired) electrons. The van der Waals surface area contributed by atoms with E-state index in [2.05, 4.69) is 10.9 Å². The SMILES string of the molecule is CCCCOc1c2n(cc(C(=O)NNC(=O)Cc3ccc(F)cc3F)c1=O)C1(CCOC1)CN(CCOC)C2=O. The molecule has 4 rings (SSSR count). The zero-order valence-corrected chi connectivity index (χ0v) is 22.4. The highest BCUT2D eigenvalue weighted by molar-refractivity contribution is 6.00. The summed E-state index contributed by atoms with van der Waals surface area (Å²) in [4.78, 5) is 54.2. The topological polar surface area (TPSA) is 128 Å². The maximum Gasteiger partial charge on any atom is 0.275 e. The van der Waals surface area contributed by atoms with Crippen molar-refractivity contribution < 1.29 is 37.4 Å². The van der Waals surface area contributed by atoms with Gasteiger partial charge < -0.3 is 23.7 Å². The van der Waals surface area contributed by atoms with E-state index in [1.807, 2.05) is 6.92 Å². The summed E-state index contributed by atoms with van der Waals surface area (Å²) in [5.41, 5.74) is 2.37. The molecule has 1 unspecified atom stereocenters. The molecule has 11 nitrogen and oxygen atoms in total. The number of hydrazine groups is 1. The van der Waals surface area contributed by atoms with Crippen molar-refractivity contribution in [3.63, 3.8) is 0 Å². The first-order chi connectivity index (χ1) is 19.2. The number of methoxy groups -OCH3 is 1. The molecule has 3 heterocycles. The lowest BCUT2D eigenvalue weighted by molar-refractivity contribution is -0.121. The van der Waals surface area contributed by atoms with Gasteiger partial charge in [0.05, 0.1) is 31.8 Å². The average Bonchev–Trinajstić information content (AvgIpc) is 3.40. The summed E-state index contributed by atoms with van der Waals surface area (Å²) in [7, 11) is 1.53. The van der Waals surface area contributed by atoms with Crippen LogP contribution in [-0.4, -0.2) is 73.8 Å². The van der Waals surface area contributed by atoms with Crippen molar-refractivity contribution in [2.45, 2.75) is 38.1 Å². The van der Waals surface area contributed by atoms with Crippen LogP contribution in [0.1, 0.15) is 52.6 Å². The van der Waals surface area contributed by atoms with Gasteiger partial charge in [0.15, 0.2) is 11.4 Å². The standard InChI is InChI=1S/C27H32F2N4O7/c1-3-4-9-40-24-22-26(37)32(8-11-38-2)15-27(7-10-39-16-27)33(22)14-19(23(24)35)25(36)31-30-21(34)12-17-5-6-18(28)13-20(17)29/h5-6,13-14H,3-4,7-12,15-16H2,1-2H3,(H,30,34)(H,31,36). The summed E-state index contributed by atoms with van der Waals surface area (Å²) in [5.74, 6) is -4.11. The van der Waals surface area contributed by atoms with E-state index in [1.165, 1.54) is 13.3 Å². The highest BCUT2D eigenvalue weighted by Gasteiger charge is 2.47. The zero-order chi connectivity index (χ0) is 28.9. The Kier molecular flexibility index (Phi) is 9.15. The number of amides is 3. The van der Waals surface area contributed by atoms with Crippen molar-refractivity contribution in [1.82, 2.24) is 20.3 Å². The van der Waals surface area contributed by atoms with Crippen LogP contribution in [0, 0.1) is 11.6 Å². The Hall–Kier alpha value is -3.84. The molecule has 1 aromatic heterocycles. The number of hydrogen-bond acceptors (Lipinski definition) is 7. The van der Waals surface area contributed by atoms with Gasteiger partial charge in [0, 0.05) is 39.1 Å². The predicted molar refractivity (Wildman–Crippen MR) is 138 cm³/mol. The molecule has 1 fully saturated rings. The number of carbonyl (C=O) groups is 3. The minimum Gasteiger partial charge on any atom is -0.487 e.